The van der Waals surface area contributed by atoms with Gasteiger partial charge in [0.25, 0.3) is 5.91 Å². The largest absolute Gasteiger partial charge is 0.493 e. The third-order valence-corrected chi connectivity index (χ3v) is 3.61. The second-order valence-corrected chi connectivity index (χ2v) is 5.96. The Morgan fingerprint density at radius 3 is 2.68 bits per heavy atom. The van der Waals surface area contributed by atoms with Crippen molar-refractivity contribution in [3.8, 4) is 5.75 Å². The number of hydrogen-bond donors (Lipinski definition) is 2. The third kappa shape index (κ3) is 6.08. The van der Waals surface area contributed by atoms with Crippen LogP contribution >= 0.6 is 11.6 Å². The first-order valence-electron chi connectivity index (χ1n) is 7.87. The summed E-state index contributed by atoms with van der Waals surface area (Å²) in [4.78, 5) is 27.7. The molecule has 0 unspecified atom stereocenters. The molecule has 25 heavy (non-hydrogen) atoms. The second kappa shape index (κ2) is 9.03. The molecule has 0 spiro atoms. The van der Waals surface area contributed by atoms with Gasteiger partial charge in [-0.2, -0.15) is 0 Å². The molecule has 2 amide bonds. The van der Waals surface area contributed by atoms with Gasteiger partial charge in [-0.15, -0.1) is 0 Å². The van der Waals surface area contributed by atoms with Gasteiger partial charge in [0.2, 0.25) is 5.91 Å². The number of carbonyl (C=O) groups is 2. The highest BCUT2D eigenvalue weighted by atomic mass is 35.5. The summed E-state index contributed by atoms with van der Waals surface area (Å²) in [5.41, 5.74) is 6.63. The zero-order valence-corrected chi connectivity index (χ0v) is 14.9. The van der Waals surface area contributed by atoms with Gasteiger partial charge in [-0.1, -0.05) is 17.7 Å². The number of pyridine rings is 1. The minimum absolute atomic E-state index is 0.230. The molecule has 0 fully saturated rings. The van der Waals surface area contributed by atoms with E-state index in [4.69, 9.17) is 16.3 Å². The molecule has 0 aliphatic rings. The van der Waals surface area contributed by atoms with Crippen LogP contribution in [0.1, 0.15) is 34.6 Å². The van der Waals surface area contributed by atoms with Crippen molar-refractivity contribution in [2.24, 2.45) is 0 Å². The molecular weight excluding hydrogens is 342 g/mol. The maximum atomic E-state index is 11.9. The van der Waals surface area contributed by atoms with Crippen molar-refractivity contribution in [3.05, 3.63) is 58.4 Å². The van der Waals surface area contributed by atoms with Gasteiger partial charge in [-0.05, 0) is 56.2 Å². The van der Waals surface area contributed by atoms with E-state index >= 15 is 0 Å². The minimum Gasteiger partial charge on any atom is -0.493 e. The topological polar surface area (TPSA) is 80.3 Å². The van der Waals surface area contributed by atoms with E-state index in [0.29, 0.717) is 18.1 Å². The summed E-state index contributed by atoms with van der Waals surface area (Å²) in [5, 5.41) is 0.656. The summed E-state index contributed by atoms with van der Waals surface area (Å²) in [6, 6.07) is 10.5. The smallest absolute Gasteiger partial charge is 0.288 e. The Kier molecular flexibility index (Phi) is 6.77. The normalized spacial score (nSPS) is 10.2. The van der Waals surface area contributed by atoms with Gasteiger partial charge in [0.15, 0.2) is 0 Å². The zero-order chi connectivity index (χ0) is 18.2. The Hall–Kier alpha value is -2.60. The lowest BCUT2D eigenvalue weighted by molar-refractivity contribution is -0.122. The van der Waals surface area contributed by atoms with Crippen molar-refractivity contribution in [3.63, 3.8) is 0 Å². The molecule has 0 atom stereocenters. The van der Waals surface area contributed by atoms with Crippen LogP contribution in [0.5, 0.6) is 5.75 Å². The second-order valence-electron chi connectivity index (χ2n) is 5.53. The fourth-order valence-corrected chi connectivity index (χ4v) is 2.34. The van der Waals surface area contributed by atoms with Crippen LogP contribution in [0.4, 0.5) is 0 Å². The number of ether oxygens (including phenoxy) is 1. The zero-order valence-electron chi connectivity index (χ0n) is 14.1. The number of halogens is 1. The number of nitrogens with one attached hydrogen (secondary N) is 2. The molecule has 0 aliphatic heterocycles. The SMILES string of the molecule is Cc1cccc(C(=O)NNC(=O)CCCOc2ccc(Cl)cc2C)n1. The van der Waals surface area contributed by atoms with E-state index in [2.05, 4.69) is 15.8 Å². The van der Waals surface area contributed by atoms with E-state index in [0.717, 1.165) is 17.0 Å². The highest BCUT2D eigenvalue weighted by Gasteiger charge is 2.09. The summed E-state index contributed by atoms with van der Waals surface area (Å²) < 4.78 is 5.61. The van der Waals surface area contributed by atoms with Crippen LogP contribution in [0, 0.1) is 13.8 Å². The summed E-state index contributed by atoms with van der Waals surface area (Å²) >= 11 is 5.89. The average molecular weight is 362 g/mol. The Bertz CT molecular complexity index is 765. The van der Waals surface area contributed by atoms with E-state index < -0.39 is 5.91 Å². The first-order chi connectivity index (χ1) is 12.0. The first-order valence-corrected chi connectivity index (χ1v) is 8.25. The van der Waals surface area contributed by atoms with Crippen molar-refractivity contribution in [2.45, 2.75) is 26.7 Å². The quantitative estimate of drug-likeness (QED) is 0.612. The molecule has 7 heteroatoms. The lowest BCUT2D eigenvalue weighted by Gasteiger charge is -2.10. The summed E-state index contributed by atoms with van der Waals surface area (Å²) in [6.45, 7) is 4.09. The molecule has 0 radical (unpaired) electrons. The van der Waals surface area contributed by atoms with Crippen LogP contribution < -0.4 is 15.6 Å². The molecule has 0 aliphatic carbocycles. The van der Waals surface area contributed by atoms with Crippen molar-refractivity contribution in [1.29, 1.82) is 0 Å². The molecule has 132 valence electrons. The Balaban J connectivity index is 1.68. The van der Waals surface area contributed by atoms with Crippen LogP contribution in [0.25, 0.3) is 0 Å². The number of amides is 2. The van der Waals surface area contributed by atoms with Crippen LogP contribution in [-0.2, 0) is 4.79 Å². The molecule has 0 saturated heterocycles. The minimum atomic E-state index is -0.454. The van der Waals surface area contributed by atoms with Crippen molar-refractivity contribution >= 4 is 23.4 Å². The number of nitrogens with zero attached hydrogens (tertiary/aromatic N) is 1. The van der Waals surface area contributed by atoms with Crippen molar-refractivity contribution in [1.82, 2.24) is 15.8 Å². The molecule has 2 aromatic rings. The van der Waals surface area contributed by atoms with Gasteiger partial charge in [-0.3, -0.25) is 20.4 Å². The van der Waals surface area contributed by atoms with E-state index in [-0.39, 0.29) is 18.0 Å². The predicted molar refractivity (Wildman–Crippen MR) is 95.5 cm³/mol. The van der Waals surface area contributed by atoms with Gasteiger partial charge in [0, 0.05) is 17.1 Å². The van der Waals surface area contributed by atoms with E-state index in [1.165, 1.54) is 0 Å². The van der Waals surface area contributed by atoms with E-state index in [9.17, 15) is 9.59 Å². The molecule has 1 aromatic heterocycles. The molecule has 1 heterocycles. The summed E-state index contributed by atoms with van der Waals surface area (Å²) in [6.07, 6.45) is 0.751. The predicted octanol–water partition coefficient (Wildman–Crippen LogP) is 2.97. The number of carbonyl (C=O) groups excluding carboxylic acids is 2. The molecule has 2 N–H and O–H groups in total. The van der Waals surface area contributed by atoms with Crippen molar-refractivity contribution in [2.75, 3.05) is 6.61 Å². The van der Waals surface area contributed by atoms with Gasteiger partial charge >= 0.3 is 0 Å². The van der Waals surface area contributed by atoms with Gasteiger partial charge in [0.05, 0.1) is 6.61 Å². The highest BCUT2D eigenvalue weighted by Crippen LogP contribution is 2.21. The maximum Gasteiger partial charge on any atom is 0.288 e. The number of hydrogen-bond acceptors (Lipinski definition) is 4. The Labute approximate surface area is 151 Å². The monoisotopic (exact) mass is 361 g/mol. The fourth-order valence-electron chi connectivity index (χ4n) is 2.11. The van der Waals surface area contributed by atoms with Gasteiger partial charge < -0.3 is 4.74 Å². The van der Waals surface area contributed by atoms with Crippen LogP contribution in [-0.4, -0.2) is 23.4 Å². The van der Waals surface area contributed by atoms with Crippen LogP contribution in [0.15, 0.2) is 36.4 Å². The molecular formula is C18H20ClN3O3. The number of aromatic nitrogens is 1. The third-order valence-electron chi connectivity index (χ3n) is 3.38. The number of hydrazine groups is 1. The molecule has 6 nitrogen and oxygen atoms in total. The number of aryl methyl sites for hydroxylation is 2. The highest BCUT2D eigenvalue weighted by molar-refractivity contribution is 6.30. The molecule has 2 rings (SSSR count). The summed E-state index contributed by atoms with van der Waals surface area (Å²) in [7, 11) is 0. The Morgan fingerprint density at radius 1 is 1.16 bits per heavy atom. The standard InChI is InChI=1S/C18H20ClN3O3/c1-12-11-14(19)8-9-16(12)25-10-4-7-17(23)21-22-18(24)15-6-3-5-13(2)20-15/h3,5-6,8-9,11H,4,7,10H2,1-2H3,(H,21,23)(H,22,24). The molecule has 0 bridgehead atoms. The van der Waals surface area contributed by atoms with Crippen molar-refractivity contribution < 1.29 is 14.3 Å². The van der Waals surface area contributed by atoms with Crippen LogP contribution in [0.3, 0.4) is 0 Å². The number of benzene rings is 1. The van der Waals surface area contributed by atoms with E-state index in [1.54, 1.807) is 37.3 Å². The summed E-state index contributed by atoms with van der Waals surface area (Å²) in [5.74, 6) is -0.00819. The maximum absolute atomic E-state index is 11.9. The Morgan fingerprint density at radius 2 is 1.96 bits per heavy atom. The lowest BCUT2D eigenvalue weighted by atomic mass is 10.2. The fraction of sp³-hybridized carbons (Fsp3) is 0.278. The first kappa shape index (κ1) is 18.7. The lowest BCUT2D eigenvalue weighted by Crippen LogP contribution is -2.42. The molecule has 0 saturated carbocycles. The van der Waals surface area contributed by atoms with E-state index in [1.807, 2.05) is 13.0 Å². The number of rotatable bonds is 6. The van der Waals surface area contributed by atoms with Gasteiger partial charge in [0.1, 0.15) is 11.4 Å². The van der Waals surface area contributed by atoms with Gasteiger partial charge in [-0.25, -0.2) is 4.98 Å². The average Bonchev–Trinajstić information content (AvgIpc) is 2.58. The van der Waals surface area contributed by atoms with Crippen LogP contribution in [0.2, 0.25) is 5.02 Å². The molecule has 1 aromatic carbocycles.